The molecule has 0 spiro atoms. The third kappa shape index (κ3) is 5.90. The summed E-state index contributed by atoms with van der Waals surface area (Å²) in [6.45, 7) is 6.92. The first-order chi connectivity index (χ1) is 6.33. The molecule has 0 amide bonds. The molecule has 1 atom stereocenters. The van der Waals surface area contributed by atoms with Crippen molar-refractivity contribution in [2.24, 2.45) is 9.32 Å². The van der Waals surface area contributed by atoms with E-state index in [1.807, 2.05) is 0 Å². The van der Waals surface area contributed by atoms with Gasteiger partial charge in [-0.1, -0.05) is 0 Å². The number of alkyl halides is 3. The van der Waals surface area contributed by atoms with Crippen molar-refractivity contribution >= 4 is 21.3 Å². The number of hydrogen-bond donors (Lipinski definition) is 0. The van der Waals surface area contributed by atoms with Crippen molar-refractivity contribution in [2.75, 3.05) is 0 Å². The highest BCUT2D eigenvalue weighted by Gasteiger charge is 2.30. The van der Waals surface area contributed by atoms with E-state index in [4.69, 9.17) is 0 Å². The van der Waals surface area contributed by atoms with Crippen LogP contribution in [0.25, 0.3) is 0 Å². The number of halogens is 3. The zero-order valence-electron chi connectivity index (χ0n) is 8.43. The lowest BCUT2D eigenvalue weighted by Crippen LogP contribution is -2.25. The molecule has 6 heteroatoms. The molecule has 0 heterocycles. The summed E-state index contributed by atoms with van der Waals surface area (Å²) in [5.41, 5.74) is 0. The molecular weight excluding hydrogens is 209 g/mol. The summed E-state index contributed by atoms with van der Waals surface area (Å²) >= 11 is 0. The van der Waals surface area contributed by atoms with Crippen LogP contribution in [-0.4, -0.2) is 27.5 Å². The number of hydrogen-bond acceptors (Lipinski definition) is 2. The van der Waals surface area contributed by atoms with Gasteiger partial charge in [-0.25, -0.2) is 0 Å². The molecule has 0 aromatic heterocycles. The minimum absolute atomic E-state index is 0.0859. The van der Waals surface area contributed by atoms with Crippen molar-refractivity contribution < 1.29 is 13.2 Å². The summed E-state index contributed by atoms with van der Waals surface area (Å²) in [7, 11) is -2.24. The average Bonchev–Trinajstić information content (AvgIpc) is 2.02. The Labute approximate surface area is 83.1 Å². The smallest absolute Gasteiger partial charge is 0.311 e. The Hall–Kier alpha value is -0.653. The summed E-state index contributed by atoms with van der Waals surface area (Å²) in [5.74, 6) is 0. The summed E-state index contributed by atoms with van der Waals surface area (Å²) in [4.78, 5) is 0. The maximum Gasteiger partial charge on any atom is 0.389 e. The molecule has 0 aromatic carbocycles. The van der Waals surface area contributed by atoms with Gasteiger partial charge in [0.05, 0.1) is 0 Å². The minimum atomic E-state index is -4.08. The van der Waals surface area contributed by atoms with Gasteiger partial charge >= 0.3 is 6.18 Å². The minimum Gasteiger partial charge on any atom is -0.311 e. The summed E-state index contributed by atoms with van der Waals surface area (Å²) in [6, 6.07) is 0.403. The van der Waals surface area contributed by atoms with Gasteiger partial charge in [0.15, 0.2) is 0 Å². The molecule has 0 aliphatic rings. The standard InChI is InChI=1S/C8H15F3N2Si/c1-4-13-14(3,12-2)7-5-6-8(9,10)11/h4H,2,5-7H2,1,3H3. The van der Waals surface area contributed by atoms with Gasteiger partial charge < -0.3 is 9.32 Å². The fourth-order valence-electron chi connectivity index (χ4n) is 1.09. The molecule has 1 unspecified atom stereocenters. The topological polar surface area (TPSA) is 24.7 Å². The van der Waals surface area contributed by atoms with Crippen LogP contribution in [0.1, 0.15) is 19.8 Å². The Balaban J connectivity index is 4.03. The third-order valence-corrected chi connectivity index (χ3v) is 4.65. The molecule has 0 aromatic rings. The lowest BCUT2D eigenvalue weighted by molar-refractivity contribution is -0.134. The van der Waals surface area contributed by atoms with Gasteiger partial charge in [0.2, 0.25) is 0 Å². The second-order valence-electron chi connectivity index (χ2n) is 3.23. The van der Waals surface area contributed by atoms with E-state index >= 15 is 0 Å². The van der Waals surface area contributed by atoms with Crippen molar-refractivity contribution in [1.29, 1.82) is 0 Å². The zero-order chi connectivity index (χ0) is 11.2. The largest absolute Gasteiger partial charge is 0.389 e. The van der Waals surface area contributed by atoms with E-state index in [1.54, 1.807) is 19.7 Å². The Bertz CT molecular complexity index is 215. The predicted octanol–water partition coefficient (Wildman–Crippen LogP) is 3.19. The number of rotatable bonds is 5. The highest BCUT2D eigenvalue weighted by atomic mass is 28.3. The molecule has 82 valence electrons. The van der Waals surface area contributed by atoms with Gasteiger partial charge in [-0.2, -0.15) is 13.2 Å². The van der Waals surface area contributed by atoms with Crippen molar-refractivity contribution in [3.05, 3.63) is 0 Å². The first kappa shape index (κ1) is 13.3. The van der Waals surface area contributed by atoms with Gasteiger partial charge in [-0.3, -0.25) is 0 Å². The van der Waals surface area contributed by atoms with Crippen molar-refractivity contribution in [2.45, 2.75) is 38.5 Å². The molecule has 0 bridgehead atoms. The third-order valence-electron chi connectivity index (χ3n) is 1.86. The maximum absolute atomic E-state index is 11.9. The van der Waals surface area contributed by atoms with Crippen LogP contribution in [0.4, 0.5) is 13.2 Å². The van der Waals surface area contributed by atoms with E-state index in [9.17, 15) is 13.2 Å². The Morgan fingerprint density at radius 2 is 2.00 bits per heavy atom. The van der Waals surface area contributed by atoms with Gasteiger partial charge in [-0.15, -0.1) is 0 Å². The van der Waals surface area contributed by atoms with E-state index in [1.165, 1.54) is 0 Å². The van der Waals surface area contributed by atoms with Crippen LogP contribution in [-0.2, 0) is 0 Å². The zero-order valence-corrected chi connectivity index (χ0v) is 9.43. The number of nitrogens with zero attached hydrogens (tertiary/aromatic N) is 2. The fraction of sp³-hybridized carbons (Fsp3) is 0.750. The molecule has 0 saturated heterocycles. The van der Waals surface area contributed by atoms with Crippen molar-refractivity contribution in [3.8, 4) is 0 Å². The van der Waals surface area contributed by atoms with E-state index in [2.05, 4.69) is 16.0 Å². The van der Waals surface area contributed by atoms with E-state index in [0.29, 0.717) is 6.04 Å². The first-order valence-electron chi connectivity index (χ1n) is 4.37. The van der Waals surface area contributed by atoms with Gasteiger partial charge in [0, 0.05) is 6.42 Å². The highest BCUT2D eigenvalue weighted by molar-refractivity contribution is 6.76. The Morgan fingerprint density at radius 3 is 2.36 bits per heavy atom. The lowest BCUT2D eigenvalue weighted by atomic mass is 10.3. The second kappa shape index (κ2) is 5.28. The molecule has 0 saturated carbocycles. The Kier molecular flexibility index (Phi) is 5.04. The average molecular weight is 224 g/mol. The van der Waals surface area contributed by atoms with Crippen LogP contribution in [0.3, 0.4) is 0 Å². The van der Waals surface area contributed by atoms with Crippen LogP contribution in [0.5, 0.6) is 0 Å². The van der Waals surface area contributed by atoms with Gasteiger partial charge in [0.25, 0.3) is 8.40 Å². The van der Waals surface area contributed by atoms with Crippen LogP contribution in [0.2, 0.25) is 12.6 Å². The van der Waals surface area contributed by atoms with Crippen LogP contribution >= 0.6 is 0 Å². The van der Waals surface area contributed by atoms with Crippen molar-refractivity contribution in [1.82, 2.24) is 0 Å². The molecule has 0 radical (unpaired) electrons. The molecule has 2 nitrogen and oxygen atoms in total. The fourth-order valence-corrected chi connectivity index (χ4v) is 2.86. The Morgan fingerprint density at radius 1 is 1.43 bits per heavy atom. The molecule has 0 aliphatic heterocycles. The van der Waals surface area contributed by atoms with Crippen molar-refractivity contribution in [3.63, 3.8) is 0 Å². The second-order valence-corrected chi connectivity index (χ2v) is 6.74. The molecule has 14 heavy (non-hydrogen) atoms. The maximum atomic E-state index is 11.9. The van der Waals surface area contributed by atoms with E-state index in [-0.39, 0.29) is 6.42 Å². The molecular formula is C8H15F3N2Si. The van der Waals surface area contributed by atoms with Crippen LogP contribution in [0.15, 0.2) is 9.32 Å². The SMILES string of the molecule is C=N[Si](C)(CCCC(F)(F)F)N=CC. The van der Waals surface area contributed by atoms with Gasteiger partial charge in [0.1, 0.15) is 0 Å². The molecule has 0 fully saturated rings. The van der Waals surface area contributed by atoms with Gasteiger partial charge in [-0.05, 0) is 38.9 Å². The summed E-state index contributed by atoms with van der Waals surface area (Å²) in [6.07, 6.45) is -3.16. The predicted molar refractivity (Wildman–Crippen MR) is 55.4 cm³/mol. The monoisotopic (exact) mass is 224 g/mol. The molecule has 0 rings (SSSR count). The summed E-state index contributed by atoms with van der Waals surface area (Å²) < 4.78 is 43.5. The lowest BCUT2D eigenvalue weighted by Gasteiger charge is -2.16. The first-order valence-corrected chi connectivity index (χ1v) is 6.97. The van der Waals surface area contributed by atoms with E-state index in [0.717, 1.165) is 0 Å². The summed E-state index contributed by atoms with van der Waals surface area (Å²) in [5, 5.41) is 0. The normalized spacial score (nSPS) is 16.9. The quantitative estimate of drug-likeness (QED) is 0.506. The molecule has 0 N–H and O–H groups in total. The molecule has 0 aliphatic carbocycles. The van der Waals surface area contributed by atoms with Crippen LogP contribution in [0, 0.1) is 0 Å². The highest BCUT2D eigenvalue weighted by Crippen LogP contribution is 2.25. The van der Waals surface area contributed by atoms with E-state index < -0.39 is 21.0 Å². The van der Waals surface area contributed by atoms with Crippen LogP contribution < -0.4 is 0 Å².